The van der Waals surface area contributed by atoms with Crippen LogP contribution in [0.3, 0.4) is 0 Å². The highest BCUT2D eigenvalue weighted by Gasteiger charge is 2.11. The lowest BCUT2D eigenvalue weighted by Crippen LogP contribution is -1.75. The quantitative estimate of drug-likeness (QED) is 0.312. The highest BCUT2D eigenvalue weighted by atomic mass is 32.1. The van der Waals surface area contributed by atoms with Crippen molar-refractivity contribution >= 4 is 54.7 Å². The Kier molecular flexibility index (Phi) is 5.45. The Balaban J connectivity index is 1.63. The smallest absolute Gasteiger partial charge is 0.0654 e. The van der Waals surface area contributed by atoms with Crippen LogP contribution in [0, 0.1) is 0 Å². The number of thiophene rings is 1. The van der Waals surface area contributed by atoms with Crippen LogP contribution >= 0.6 is 11.3 Å². The normalized spacial score (nSPS) is 12.5. The maximum absolute atomic E-state index is 3.65. The van der Waals surface area contributed by atoms with Crippen LogP contribution in [0.4, 0.5) is 0 Å². The summed E-state index contributed by atoms with van der Waals surface area (Å²) < 4.78 is 2.73. The molecule has 0 bridgehead atoms. The lowest BCUT2D eigenvalue weighted by molar-refractivity contribution is 0.675. The van der Waals surface area contributed by atoms with Gasteiger partial charge in [-0.25, -0.2) is 0 Å². The first kappa shape index (κ1) is 18.1. The SMILES string of the molecule is C/C=C/c1ccc2c(c1)[nH]c1c3ccc(/C=C/CCCCCC)cc3sc21. The number of rotatable bonds is 7. The lowest BCUT2D eigenvalue weighted by atomic mass is 10.1. The van der Waals surface area contributed by atoms with E-state index in [2.05, 4.69) is 79.5 Å². The molecule has 27 heavy (non-hydrogen) atoms. The fraction of sp³-hybridized carbons (Fsp3) is 0.280. The first-order valence-electron chi connectivity index (χ1n) is 10.1. The Morgan fingerprint density at radius 1 is 0.926 bits per heavy atom. The lowest BCUT2D eigenvalue weighted by Gasteiger charge is -1.97. The van der Waals surface area contributed by atoms with Crippen LogP contribution in [0.2, 0.25) is 0 Å². The van der Waals surface area contributed by atoms with Gasteiger partial charge in [-0.05, 0) is 43.0 Å². The van der Waals surface area contributed by atoms with Gasteiger partial charge in [0.05, 0.1) is 10.2 Å². The highest BCUT2D eigenvalue weighted by molar-refractivity contribution is 7.26. The van der Waals surface area contributed by atoms with E-state index in [-0.39, 0.29) is 0 Å². The van der Waals surface area contributed by atoms with E-state index in [4.69, 9.17) is 0 Å². The average molecular weight is 374 g/mol. The number of fused-ring (bicyclic) bond motifs is 5. The summed E-state index contributed by atoms with van der Waals surface area (Å²) in [5.41, 5.74) is 5.05. The molecule has 1 N–H and O–H groups in total. The van der Waals surface area contributed by atoms with Crippen molar-refractivity contribution in [3.05, 3.63) is 59.7 Å². The summed E-state index contributed by atoms with van der Waals surface area (Å²) in [5.74, 6) is 0. The summed E-state index contributed by atoms with van der Waals surface area (Å²) in [6.07, 6.45) is 15.3. The van der Waals surface area contributed by atoms with Crippen molar-refractivity contribution in [2.45, 2.75) is 46.0 Å². The zero-order valence-electron chi connectivity index (χ0n) is 16.2. The Morgan fingerprint density at radius 2 is 1.74 bits per heavy atom. The largest absolute Gasteiger partial charge is 0.353 e. The van der Waals surface area contributed by atoms with Crippen LogP contribution in [0.25, 0.3) is 43.4 Å². The van der Waals surface area contributed by atoms with Gasteiger partial charge in [0.1, 0.15) is 0 Å². The maximum atomic E-state index is 3.65. The van der Waals surface area contributed by atoms with E-state index >= 15 is 0 Å². The fourth-order valence-electron chi connectivity index (χ4n) is 3.73. The summed E-state index contributed by atoms with van der Waals surface area (Å²) in [6.45, 7) is 4.32. The van der Waals surface area contributed by atoms with Gasteiger partial charge in [0.25, 0.3) is 0 Å². The highest BCUT2D eigenvalue weighted by Crippen LogP contribution is 2.39. The summed E-state index contributed by atoms with van der Waals surface area (Å²) in [7, 11) is 0. The Morgan fingerprint density at radius 3 is 2.56 bits per heavy atom. The van der Waals surface area contributed by atoms with Gasteiger partial charge in [0.2, 0.25) is 0 Å². The molecular weight excluding hydrogens is 346 g/mol. The Hall–Kier alpha value is -2.32. The second-order valence-corrected chi connectivity index (χ2v) is 8.30. The summed E-state index contributed by atoms with van der Waals surface area (Å²) >= 11 is 1.90. The molecule has 2 aromatic carbocycles. The molecule has 2 heteroatoms. The predicted molar refractivity (Wildman–Crippen MR) is 124 cm³/mol. The Labute approximate surface area is 165 Å². The molecule has 0 fully saturated rings. The molecule has 0 atom stereocenters. The molecule has 138 valence electrons. The molecule has 2 heterocycles. The molecule has 1 nitrogen and oxygen atoms in total. The number of hydrogen-bond donors (Lipinski definition) is 1. The number of aromatic nitrogens is 1. The van der Waals surface area contributed by atoms with Crippen molar-refractivity contribution < 1.29 is 0 Å². The zero-order chi connectivity index (χ0) is 18.6. The van der Waals surface area contributed by atoms with Crippen LogP contribution in [-0.4, -0.2) is 4.98 Å². The monoisotopic (exact) mass is 373 g/mol. The number of hydrogen-bond acceptors (Lipinski definition) is 1. The molecule has 4 aromatic rings. The molecular formula is C25H27NS. The molecule has 0 saturated carbocycles. The molecule has 4 rings (SSSR count). The van der Waals surface area contributed by atoms with E-state index in [1.165, 1.54) is 74.4 Å². The topological polar surface area (TPSA) is 15.8 Å². The van der Waals surface area contributed by atoms with Gasteiger partial charge in [-0.3, -0.25) is 0 Å². The number of unbranched alkanes of at least 4 members (excludes halogenated alkanes) is 4. The Bertz CT molecular complexity index is 1120. The number of nitrogens with one attached hydrogen (secondary N) is 1. The molecule has 0 spiro atoms. The van der Waals surface area contributed by atoms with Crippen molar-refractivity contribution in [1.29, 1.82) is 0 Å². The zero-order valence-corrected chi connectivity index (χ0v) is 17.0. The second kappa shape index (κ2) is 8.14. The minimum Gasteiger partial charge on any atom is -0.353 e. The number of benzene rings is 2. The molecule has 2 aromatic heterocycles. The van der Waals surface area contributed by atoms with Crippen LogP contribution in [0.1, 0.15) is 57.1 Å². The third-order valence-corrected chi connectivity index (χ3v) is 6.34. The van der Waals surface area contributed by atoms with E-state index in [1.54, 1.807) is 0 Å². The first-order valence-corrected chi connectivity index (χ1v) is 10.9. The summed E-state index contributed by atoms with van der Waals surface area (Å²) in [4.78, 5) is 3.65. The predicted octanol–water partition coefficient (Wildman–Crippen LogP) is 8.55. The minimum absolute atomic E-state index is 1.18. The van der Waals surface area contributed by atoms with Gasteiger partial charge >= 0.3 is 0 Å². The number of aromatic amines is 1. The molecule has 0 saturated heterocycles. The van der Waals surface area contributed by atoms with Crippen molar-refractivity contribution in [3.8, 4) is 0 Å². The second-order valence-electron chi connectivity index (χ2n) is 7.24. The molecule has 0 aliphatic carbocycles. The average Bonchev–Trinajstić information content (AvgIpc) is 3.20. The molecule has 0 aliphatic rings. The first-order chi connectivity index (χ1) is 13.3. The van der Waals surface area contributed by atoms with Gasteiger partial charge in [0, 0.05) is 21.0 Å². The van der Waals surface area contributed by atoms with Crippen molar-refractivity contribution in [2.75, 3.05) is 0 Å². The van der Waals surface area contributed by atoms with Crippen LogP contribution < -0.4 is 0 Å². The number of H-pyrrole nitrogens is 1. The van der Waals surface area contributed by atoms with E-state index in [0.717, 1.165) is 0 Å². The van der Waals surface area contributed by atoms with Gasteiger partial charge in [-0.1, -0.05) is 74.8 Å². The van der Waals surface area contributed by atoms with Crippen LogP contribution in [-0.2, 0) is 0 Å². The third kappa shape index (κ3) is 3.72. The maximum Gasteiger partial charge on any atom is 0.0654 e. The molecule has 0 amide bonds. The summed E-state index contributed by atoms with van der Waals surface area (Å²) in [5, 5.41) is 2.66. The van der Waals surface area contributed by atoms with Crippen LogP contribution in [0.5, 0.6) is 0 Å². The fourth-order valence-corrected chi connectivity index (χ4v) is 4.98. The standard InChI is InChI=1S/C25H27NS/c1-3-5-6-7-8-9-11-19-13-15-21-23(17-19)27-25-20-14-12-18(10-4-2)16-22(20)26-24(21)25/h4,9-17,26H,3,5-8H2,1-2H3/b10-4+,11-9+. The van der Waals surface area contributed by atoms with Gasteiger partial charge in [-0.2, -0.15) is 0 Å². The van der Waals surface area contributed by atoms with Crippen LogP contribution in [0.15, 0.2) is 48.6 Å². The summed E-state index contributed by atoms with van der Waals surface area (Å²) in [6, 6.07) is 13.5. The van der Waals surface area contributed by atoms with Gasteiger partial charge in [-0.15, -0.1) is 11.3 Å². The third-order valence-electron chi connectivity index (χ3n) is 5.16. The van der Waals surface area contributed by atoms with Crippen molar-refractivity contribution in [1.82, 2.24) is 4.98 Å². The van der Waals surface area contributed by atoms with Crippen molar-refractivity contribution in [3.63, 3.8) is 0 Å². The molecule has 0 aliphatic heterocycles. The molecule has 0 unspecified atom stereocenters. The number of allylic oxidation sites excluding steroid dienone is 2. The van der Waals surface area contributed by atoms with E-state index < -0.39 is 0 Å². The van der Waals surface area contributed by atoms with Gasteiger partial charge in [0.15, 0.2) is 0 Å². The van der Waals surface area contributed by atoms with E-state index in [9.17, 15) is 0 Å². The van der Waals surface area contributed by atoms with E-state index in [1.807, 2.05) is 11.3 Å². The van der Waals surface area contributed by atoms with Gasteiger partial charge < -0.3 is 4.98 Å². The molecule has 0 radical (unpaired) electrons. The van der Waals surface area contributed by atoms with Crippen molar-refractivity contribution in [2.24, 2.45) is 0 Å². The minimum atomic E-state index is 1.18. The van der Waals surface area contributed by atoms with E-state index in [0.29, 0.717) is 0 Å².